The summed E-state index contributed by atoms with van der Waals surface area (Å²) in [5.74, 6) is 0.478. The normalized spacial score (nSPS) is 17.4. The molecular formula is C17H22N2O3S. The van der Waals surface area contributed by atoms with E-state index < -0.39 is 0 Å². The summed E-state index contributed by atoms with van der Waals surface area (Å²) in [5.41, 5.74) is 4.26. The number of rotatable bonds is 4. The Bertz CT molecular complexity index is 683. The molecule has 1 aromatic carbocycles. The number of methoxy groups -OCH3 is 1. The second kappa shape index (κ2) is 7.00. The molecule has 0 amide bonds. The Labute approximate surface area is 142 Å². The van der Waals surface area contributed by atoms with Gasteiger partial charge in [0.25, 0.3) is 0 Å². The minimum absolute atomic E-state index is 0.327. The molecule has 0 saturated heterocycles. The Morgan fingerprint density at radius 1 is 1.26 bits per heavy atom. The third kappa shape index (κ3) is 3.47. The first-order valence-corrected chi connectivity index (χ1v) is 7.90. The Hall–Kier alpha value is -2.08. The summed E-state index contributed by atoms with van der Waals surface area (Å²) in [4.78, 5) is 12.4. The number of carbonyl (C=O) groups excluding carboxylic acids is 1. The van der Waals surface area contributed by atoms with Crippen molar-refractivity contribution in [1.29, 1.82) is 0 Å². The van der Waals surface area contributed by atoms with E-state index in [1.54, 1.807) is 14.0 Å². The van der Waals surface area contributed by atoms with Crippen molar-refractivity contribution in [3.63, 3.8) is 0 Å². The maximum absolute atomic E-state index is 12.4. The van der Waals surface area contributed by atoms with E-state index in [9.17, 15) is 4.79 Å². The summed E-state index contributed by atoms with van der Waals surface area (Å²) < 4.78 is 10.6. The lowest BCUT2D eigenvalue weighted by molar-refractivity contribution is -0.139. The van der Waals surface area contributed by atoms with Crippen LogP contribution in [-0.4, -0.2) is 24.8 Å². The summed E-state index contributed by atoms with van der Waals surface area (Å²) in [5, 5.41) is 6.67. The zero-order valence-corrected chi connectivity index (χ0v) is 14.9. The van der Waals surface area contributed by atoms with Crippen LogP contribution in [0.1, 0.15) is 36.6 Å². The number of hydrogen-bond acceptors (Lipinski definition) is 4. The van der Waals surface area contributed by atoms with Gasteiger partial charge in [0, 0.05) is 5.70 Å². The molecule has 1 heterocycles. The number of allylic oxidation sites excluding steroid dienone is 1. The summed E-state index contributed by atoms with van der Waals surface area (Å²) in [6, 6.07) is 3.65. The monoisotopic (exact) mass is 334 g/mol. The number of carbonyl (C=O) groups is 1. The highest BCUT2D eigenvalue weighted by Crippen LogP contribution is 2.33. The number of esters is 1. The smallest absolute Gasteiger partial charge is 0.338 e. The minimum Gasteiger partial charge on any atom is -0.496 e. The van der Waals surface area contributed by atoms with E-state index in [0.717, 1.165) is 22.4 Å². The van der Waals surface area contributed by atoms with E-state index in [0.29, 0.717) is 23.0 Å². The predicted molar refractivity (Wildman–Crippen MR) is 93.4 cm³/mol. The first kappa shape index (κ1) is 17.3. The molecule has 2 rings (SSSR count). The van der Waals surface area contributed by atoms with E-state index in [2.05, 4.69) is 10.6 Å². The van der Waals surface area contributed by atoms with Crippen molar-refractivity contribution < 1.29 is 14.3 Å². The fraction of sp³-hybridized carbons (Fsp3) is 0.412. The van der Waals surface area contributed by atoms with Gasteiger partial charge in [-0.15, -0.1) is 0 Å². The molecule has 124 valence electrons. The topological polar surface area (TPSA) is 59.6 Å². The van der Waals surface area contributed by atoms with Gasteiger partial charge in [-0.2, -0.15) is 0 Å². The zero-order valence-electron chi connectivity index (χ0n) is 14.1. The van der Waals surface area contributed by atoms with Gasteiger partial charge in [0.15, 0.2) is 5.11 Å². The van der Waals surface area contributed by atoms with E-state index in [4.69, 9.17) is 21.7 Å². The molecule has 0 spiro atoms. The predicted octanol–water partition coefficient (Wildman–Crippen LogP) is 2.67. The molecular weight excluding hydrogens is 312 g/mol. The van der Waals surface area contributed by atoms with Crippen molar-refractivity contribution in [1.82, 2.24) is 10.6 Å². The highest BCUT2D eigenvalue weighted by atomic mass is 32.1. The lowest BCUT2D eigenvalue weighted by Crippen LogP contribution is -2.45. The van der Waals surface area contributed by atoms with Gasteiger partial charge in [0.1, 0.15) is 5.75 Å². The number of aryl methyl sites for hydroxylation is 2. The number of hydrogen-bond donors (Lipinski definition) is 2. The molecule has 2 N–H and O–H groups in total. The van der Waals surface area contributed by atoms with Crippen molar-refractivity contribution >= 4 is 23.3 Å². The van der Waals surface area contributed by atoms with Gasteiger partial charge in [-0.3, -0.25) is 0 Å². The third-order valence-corrected chi connectivity index (χ3v) is 4.08. The molecule has 0 unspecified atom stereocenters. The van der Waals surface area contributed by atoms with Crippen molar-refractivity contribution in [2.24, 2.45) is 0 Å². The third-order valence-electron chi connectivity index (χ3n) is 3.86. The highest BCUT2D eigenvalue weighted by molar-refractivity contribution is 7.80. The first-order chi connectivity index (χ1) is 10.9. The molecule has 1 aromatic rings. The Morgan fingerprint density at radius 3 is 2.57 bits per heavy atom. The van der Waals surface area contributed by atoms with Crippen LogP contribution >= 0.6 is 12.2 Å². The van der Waals surface area contributed by atoms with E-state index in [1.807, 2.05) is 32.9 Å². The number of benzene rings is 1. The SMILES string of the molecule is CCOC(=O)C1=C(C)NC(=S)N[C@@H]1c1cc(C)c(OC)cc1C. The molecule has 1 atom stereocenters. The average Bonchev–Trinajstić information content (AvgIpc) is 2.48. The fourth-order valence-corrected chi connectivity index (χ4v) is 3.02. The van der Waals surface area contributed by atoms with Gasteiger partial charge < -0.3 is 20.1 Å². The standard InChI is InChI=1S/C17H22N2O3S/c1-6-22-16(20)14-11(4)18-17(23)19-15(14)12-7-10(3)13(21-5)8-9(12)2/h7-8,15H,6H2,1-5H3,(H2,18,19,23)/t15-/m1/s1. The van der Waals surface area contributed by atoms with E-state index in [-0.39, 0.29) is 12.0 Å². The Morgan fingerprint density at radius 2 is 1.96 bits per heavy atom. The summed E-state index contributed by atoms with van der Waals surface area (Å²) in [7, 11) is 1.65. The molecule has 1 aliphatic heterocycles. The number of ether oxygens (including phenoxy) is 2. The van der Waals surface area contributed by atoms with Crippen LogP contribution in [-0.2, 0) is 9.53 Å². The van der Waals surface area contributed by atoms with Crippen LogP contribution in [0.15, 0.2) is 23.4 Å². The van der Waals surface area contributed by atoms with Gasteiger partial charge >= 0.3 is 5.97 Å². The minimum atomic E-state index is -0.342. The first-order valence-electron chi connectivity index (χ1n) is 7.49. The fourth-order valence-electron chi connectivity index (χ4n) is 2.75. The van der Waals surface area contributed by atoms with Gasteiger partial charge in [0.2, 0.25) is 0 Å². The number of nitrogens with one attached hydrogen (secondary N) is 2. The molecule has 0 aromatic heterocycles. The molecule has 23 heavy (non-hydrogen) atoms. The van der Waals surface area contributed by atoms with Gasteiger partial charge in [0.05, 0.1) is 25.3 Å². The second-order valence-corrected chi connectivity index (χ2v) is 5.88. The lowest BCUT2D eigenvalue weighted by atomic mass is 9.91. The van der Waals surface area contributed by atoms with Crippen LogP contribution < -0.4 is 15.4 Å². The highest BCUT2D eigenvalue weighted by Gasteiger charge is 2.32. The van der Waals surface area contributed by atoms with Crippen LogP contribution in [0.4, 0.5) is 0 Å². The molecule has 0 fully saturated rings. The van der Waals surface area contributed by atoms with Crippen molar-refractivity contribution in [2.45, 2.75) is 33.7 Å². The zero-order chi connectivity index (χ0) is 17.1. The van der Waals surface area contributed by atoms with Crippen LogP contribution in [0.25, 0.3) is 0 Å². The van der Waals surface area contributed by atoms with Crippen molar-refractivity contribution in [2.75, 3.05) is 13.7 Å². The largest absolute Gasteiger partial charge is 0.496 e. The summed E-state index contributed by atoms with van der Waals surface area (Å²) in [6.45, 7) is 7.91. The maximum atomic E-state index is 12.4. The molecule has 0 saturated carbocycles. The van der Waals surface area contributed by atoms with Crippen molar-refractivity contribution in [3.05, 3.63) is 40.1 Å². The van der Waals surface area contributed by atoms with E-state index in [1.165, 1.54) is 0 Å². The lowest BCUT2D eigenvalue weighted by Gasteiger charge is -2.31. The number of thiocarbonyl (C=S) groups is 1. The second-order valence-electron chi connectivity index (χ2n) is 5.47. The van der Waals surface area contributed by atoms with Crippen LogP contribution in [0.2, 0.25) is 0 Å². The van der Waals surface area contributed by atoms with E-state index >= 15 is 0 Å². The van der Waals surface area contributed by atoms with Gasteiger partial charge in [-0.05, 0) is 68.7 Å². The molecule has 6 heteroatoms. The Balaban J connectivity index is 2.54. The van der Waals surface area contributed by atoms with Crippen LogP contribution in [0, 0.1) is 13.8 Å². The maximum Gasteiger partial charge on any atom is 0.338 e. The molecule has 0 radical (unpaired) electrons. The van der Waals surface area contributed by atoms with Crippen LogP contribution in [0.3, 0.4) is 0 Å². The van der Waals surface area contributed by atoms with Gasteiger partial charge in [-0.25, -0.2) is 4.79 Å². The molecule has 5 nitrogen and oxygen atoms in total. The Kier molecular flexibility index (Phi) is 5.26. The molecule has 1 aliphatic rings. The quantitative estimate of drug-likeness (QED) is 0.652. The van der Waals surface area contributed by atoms with Gasteiger partial charge in [-0.1, -0.05) is 0 Å². The molecule has 0 bridgehead atoms. The summed E-state index contributed by atoms with van der Waals surface area (Å²) >= 11 is 5.26. The summed E-state index contributed by atoms with van der Waals surface area (Å²) in [6.07, 6.45) is 0. The molecule has 0 aliphatic carbocycles. The average molecular weight is 334 g/mol. The van der Waals surface area contributed by atoms with Crippen molar-refractivity contribution in [3.8, 4) is 5.75 Å². The van der Waals surface area contributed by atoms with Crippen LogP contribution in [0.5, 0.6) is 5.75 Å².